The number of hydrogen-bond donors (Lipinski definition) is 2. The van der Waals surface area contributed by atoms with E-state index in [0.717, 1.165) is 11.1 Å². The van der Waals surface area contributed by atoms with Gasteiger partial charge in [0.2, 0.25) is 0 Å². The number of amides is 1. The number of carbonyl (C=O) groups excluding carboxylic acids is 2. The topological polar surface area (TPSA) is 98.0 Å². The minimum Gasteiger partial charge on any atom is -0.399 e. The van der Waals surface area contributed by atoms with Crippen molar-refractivity contribution in [1.29, 1.82) is 0 Å². The van der Waals surface area contributed by atoms with Crippen LogP contribution in [0.3, 0.4) is 0 Å². The molecule has 0 unspecified atom stereocenters. The van der Waals surface area contributed by atoms with Gasteiger partial charge in [-0.2, -0.15) is 0 Å². The Bertz CT molecular complexity index is 939. The lowest BCUT2D eigenvalue weighted by Crippen LogP contribution is -2.14. The molecule has 25 heavy (non-hydrogen) atoms. The molecule has 6 heteroatoms. The number of nitrogens with two attached hydrogens (primary N) is 1. The maximum atomic E-state index is 12.4. The van der Waals surface area contributed by atoms with Crippen LogP contribution < -0.4 is 11.1 Å². The highest BCUT2D eigenvalue weighted by Gasteiger charge is 2.13. The average molecular weight is 332 g/mol. The van der Waals surface area contributed by atoms with Gasteiger partial charge in [0, 0.05) is 29.2 Å². The summed E-state index contributed by atoms with van der Waals surface area (Å²) in [6, 6.07) is 12.4. The third-order valence-corrected chi connectivity index (χ3v) is 3.67. The molecule has 1 amide bonds. The van der Waals surface area contributed by atoms with Crippen LogP contribution in [0.25, 0.3) is 11.1 Å². The monoisotopic (exact) mass is 332 g/mol. The summed E-state index contributed by atoms with van der Waals surface area (Å²) in [6.45, 7) is 1.51. The van der Waals surface area contributed by atoms with Gasteiger partial charge in [0.1, 0.15) is 5.69 Å². The van der Waals surface area contributed by atoms with Crippen molar-refractivity contribution in [3.63, 3.8) is 0 Å². The lowest BCUT2D eigenvalue weighted by molar-refractivity contribution is 0.101. The highest BCUT2D eigenvalue weighted by molar-refractivity contribution is 6.05. The highest BCUT2D eigenvalue weighted by atomic mass is 16.2. The quantitative estimate of drug-likeness (QED) is 0.565. The van der Waals surface area contributed by atoms with Crippen molar-refractivity contribution in [2.75, 3.05) is 11.1 Å². The van der Waals surface area contributed by atoms with Crippen molar-refractivity contribution < 1.29 is 9.59 Å². The molecule has 0 radical (unpaired) electrons. The van der Waals surface area contributed by atoms with E-state index in [1.165, 1.54) is 25.5 Å². The summed E-state index contributed by atoms with van der Waals surface area (Å²) in [5.74, 6) is -0.412. The number of rotatable bonds is 4. The lowest BCUT2D eigenvalue weighted by Gasteiger charge is -2.13. The zero-order chi connectivity index (χ0) is 17.8. The first kappa shape index (κ1) is 16.3. The number of benzene rings is 2. The van der Waals surface area contributed by atoms with Crippen molar-refractivity contribution in [2.24, 2.45) is 0 Å². The molecule has 0 aliphatic rings. The Balaban J connectivity index is 2.00. The van der Waals surface area contributed by atoms with Crippen LogP contribution in [0.15, 0.2) is 61.1 Å². The fourth-order valence-electron chi connectivity index (χ4n) is 2.43. The van der Waals surface area contributed by atoms with Crippen molar-refractivity contribution in [3.05, 3.63) is 72.3 Å². The van der Waals surface area contributed by atoms with Crippen LogP contribution in [0.2, 0.25) is 0 Å². The third kappa shape index (κ3) is 3.69. The molecule has 0 atom stereocenters. The SMILES string of the molecule is CC(=O)c1cccc(-c2ccc(N)cc2NC(=O)c2cnccn2)c1. The largest absolute Gasteiger partial charge is 0.399 e. The van der Waals surface area contributed by atoms with E-state index in [1.807, 2.05) is 6.07 Å². The number of nitrogens with zero attached hydrogens (tertiary/aromatic N) is 2. The van der Waals surface area contributed by atoms with Crippen LogP contribution in [-0.2, 0) is 0 Å². The molecule has 1 aromatic heterocycles. The second kappa shape index (κ2) is 6.92. The fraction of sp³-hybridized carbons (Fsp3) is 0.0526. The fourth-order valence-corrected chi connectivity index (χ4v) is 2.43. The second-order valence-corrected chi connectivity index (χ2v) is 5.49. The minimum absolute atomic E-state index is 0.0255. The van der Waals surface area contributed by atoms with E-state index in [0.29, 0.717) is 16.9 Å². The van der Waals surface area contributed by atoms with Gasteiger partial charge >= 0.3 is 0 Å². The number of carbonyl (C=O) groups is 2. The van der Waals surface area contributed by atoms with Gasteiger partial charge in [0.05, 0.1) is 11.9 Å². The molecule has 0 fully saturated rings. The number of nitrogen functional groups attached to an aromatic ring is 1. The zero-order valence-corrected chi connectivity index (χ0v) is 13.6. The van der Waals surface area contributed by atoms with Gasteiger partial charge in [0.15, 0.2) is 5.78 Å². The summed E-state index contributed by atoms with van der Waals surface area (Å²) in [5, 5.41) is 2.81. The van der Waals surface area contributed by atoms with E-state index in [4.69, 9.17) is 5.73 Å². The molecule has 3 rings (SSSR count). The second-order valence-electron chi connectivity index (χ2n) is 5.49. The standard InChI is InChI=1S/C19H16N4O2/c1-12(24)13-3-2-4-14(9-13)16-6-5-15(20)10-17(16)23-19(25)18-11-21-7-8-22-18/h2-11H,20H2,1H3,(H,23,25). The van der Waals surface area contributed by atoms with Crippen molar-refractivity contribution in [1.82, 2.24) is 9.97 Å². The van der Waals surface area contributed by atoms with E-state index in [9.17, 15) is 9.59 Å². The normalized spacial score (nSPS) is 10.3. The molecule has 0 aliphatic carbocycles. The summed E-state index contributed by atoms with van der Waals surface area (Å²) in [6.07, 6.45) is 4.33. The summed E-state index contributed by atoms with van der Waals surface area (Å²) >= 11 is 0. The van der Waals surface area contributed by atoms with Crippen LogP contribution in [0, 0.1) is 0 Å². The number of aromatic nitrogens is 2. The smallest absolute Gasteiger partial charge is 0.275 e. The maximum Gasteiger partial charge on any atom is 0.275 e. The number of anilines is 2. The Morgan fingerprint density at radius 1 is 1.08 bits per heavy atom. The Labute approximate surface area is 144 Å². The molecular weight excluding hydrogens is 316 g/mol. The molecule has 124 valence electrons. The van der Waals surface area contributed by atoms with Crippen LogP contribution in [0.5, 0.6) is 0 Å². The maximum absolute atomic E-state index is 12.4. The summed E-state index contributed by atoms with van der Waals surface area (Å²) in [5.41, 5.74) is 9.28. The van der Waals surface area contributed by atoms with Crippen molar-refractivity contribution in [2.45, 2.75) is 6.92 Å². The molecule has 2 aromatic carbocycles. The summed E-state index contributed by atoms with van der Waals surface area (Å²) in [7, 11) is 0. The van der Waals surface area contributed by atoms with Crippen LogP contribution in [0.4, 0.5) is 11.4 Å². The van der Waals surface area contributed by atoms with Gasteiger partial charge in [-0.1, -0.05) is 24.3 Å². The molecule has 0 saturated heterocycles. The Morgan fingerprint density at radius 3 is 2.64 bits per heavy atom. The molecule has 1 heterocycles. The molecule has 0 aliphatic heterocycles. The lowest BCUT2D eigenvalue weighted by atomic mass is 9.99. The summed E-state index contributed by atoms with van der Waals surface area (Å²) in [4.78, 5) is 31.9. The highest BCUT2D eigenvalue weighted by Crippen LogP contribution is 2.31. The number of hydrogen-bond acceptors (Lipinski definition) is 5. The number of nitrogens with one attached hydrogen (secondary N) is 1. The average Bonchev–Trinajstić information content (AvgIpc) is 2.62. The number of Topliss-reactive ketones (excluding diaryl/α,β-unsaturated/α-hetero) is 1. The first-order valence-electron chi connectivity index (χ1n) is 7.63. The Kier molecular flexibility index (Phi) is 4.52. The van der Waals surface area contributed by atoms with Crippen LogP contribution >= 0.6 is 0 Å². The minimum atomic E-state index is -0.386. The first-order valence-corrected chi connectivity index (χ1v) is 7.63. The zero-order valence-electron chi connectivity index (χ0n) is 13.6. The van der Waals surface area contributed by atoms with Crippen molar-refractivity contribution in [3.8, 4) is 11.1 Å². The predicted molar refractivity (Wildman–Crippen MR) is 96.3 cm³/mol. The molecule has 3 N–H and O–H groups in total. The third-order valence-electron chi connectivity index (χ3n) is 3.67. The Hall–Kier alpha value is -3.54. The predicted octanol–water partition coefficient (Wildman–Crippen LogP) is 3.18. The van der Waals surface area contributed by atoms with Gasteiger partial charge in [-0.15, -0.1) is 0 Å². The molecule has 0 spiro atoms. The van der Waals surface area contributed by atoms with E-state index < -0.39 is 0 Å². The van der Waals surface area contributed by atoms with Crippen molar-refractivity contribution >= 4 is 23.1 Å². The van der Waals surface area contributed by atoms with Crippen LogP contribution in [-0.4, -0.2) is 21.7 Å². The van der Waals surface area contributed by atoms with Gasteiger partial charge in [-0.05, 0) is 30.7 Å². The van der Waals surface area contributed by atoms with E-state index in [2.05, 4.69) is 15.3 Å². The molecule has 6 nitrogen and oxygen atoms in total. The van der Waals surface area contributed by atoms with E-state index in [1.54, 1.807) is 36.4 Å². The Morgan fingerprint density at radius 2 is 1.92 bits per heavy atom. The van der Waals surface area contributed by atoms with E-state index in [-0.39, 0.29) is 17.4 Å². The van der Waals surface area contributed by atoms with E-state index >= 15 is 0 Å². The van der Waals surface area contributed by atoms with Gasteiger partial charge in [0.25, 0.3) is 5.91 Å². The first-order chi connectivity index (χ1) is 12.0. The molecule has 0 bridgehead atoms. The molecule has 0 saturated carbocycles. The molecular formula is C19H16N4O2. The molecule has 3 aromatic rings. The van der Waals surface area contributed by atoms with Gasteiger partial charge in [-0.3, -0.25) is 14.6 Å². The van der Waals surface area contributed by atoms with Crippen LogP contribution in [0.1, 0.15) is 27.8 Å². The summed E-state index contributed by atoms with van der Waals surface area (Å²) < 4.78 is 0. The number of ketones is 1. The van der Waals surface area contributed by atoms with Gasteiger partial charge in [-0.25, -0.2) is 4.98 Å². The van der Waals surface area contributed by atoms with Gasteiger partial charge < -0.3 is 11.1 Å².